The number of nitrogens with zero attached hydrogens (tertiary/aromatic N) is 2. The first kappa shape index (κ1) is 11.2. The Kier molecular flexibility index (Phi) is 3.69. The molecule has 1 heterocycles. The van der Waals surface area contributed by atoms with E-state index < -0.39 is 0 Å². The average molecular weight is 195 g/mol. The maximum absolute atomic E-state index is 5.75. The van der Waals surface area contributed by atoms with Crippen LogP contribution < -0.4 is 5.73 Å². The molecule has 1 atom stereocenters. The largest absolute Gasteiger partial charge is 0.328 e. The highest BCUT2D eigenvalue weighted by molar-refractivity contribution is 5.12. The first-order valence-electron chi connectivity index (χ1n) is 5.37. The van der Waals surface area contributed by atoms with E-state index in [2.05, 4.69) is 36.6 Å². The molecule has 1 rings (SSSR count). The summed E-state index contributed by atoms with van der Waals surface area (Å²) in [4.78, 5) is 0. The number of aromatic nitrogens is 2. The van der Waals surface area contributed by atoms with Crippen molar-refractivity contribution in [2.45, 2.75) is 52.6 Å². The molecule has 0 radical (unpaired) electrons. The lowest BCUT2D eigenvalue weighted by atomic mass is 10.2. The second-order valence-electron chi connectivity index (χ2n) is 4.20. The summed E-state index contributed by atoms with van der Waals surface area (Å²) in [6, 6.07) is 2.80. The number of rotatable bonds is 4. The van der Waals surface area contributed by atoms with Crippen LogP contribution in [0.5, 0.6) is 0 Å². The summed E-state index contributed by atoms with van der Waals surface area (Å²) < 4.78 is 2.09. The maximum Gasteiger partial charge on any atom is 0.0642 e. The number of nitrogens with two attached hydrogens (primary N) is 1. The van der Waals surface area contributed by atoms with E-state index >= 15 is 0 Å². The van der Waals surface area contributed by atoms with Crippen LogP contribution in [0, 0.1) is 0 Å². The van der Waals surface area contributed by atoms with Crippen LogP contribution in [0.15, 0.2) is 6.07 Å². The highest BCUT2D eigenvalue weighted by Gasteiger charge is 2.09. The SMILES string of the molecule is CCc1cc(CC(C)N)nn1C(C)C. The average Bonchev–Trinajstić information content (AvgIpc) is 2.46. The maximum atomic E-state index is 5.75. The van der Waals surface area contributed by atoms with Crippen LogP contribution >= 0.6 is 0 Å². The summed E-state index contributed by atoms with van der Waals surface area (Å²) in [6.45, 7) is 8.48. The monoisotopic (exact) mass is 195 g/mol. The van der Waals surface area contributed by atoms with E-state index in [1.807, 2.05) is 6.92 Å². The van der Waals surface area contributed by atoms with Crippen molar-refractivity contribution in [3.8, 4) is 0 Å². The van der Waals surface area contributed by atoms with Gasteiger partial charge in [-0.1, -0.05) is 6.92 Å². The summed E-state index contributed by atoms with van der Waals surface area (Å²) >= 11 is 0. The minimum Gasteiger partial charge on any atom is -0.328 e. The molecule has 0 aliphatic rings. The van der Waals surface area contributed by atoms with Gasteiger partial charge in [0.15, 0.2) is 0 Å². The van der Waals surface area contributed by atoms with Gasteiger partial charge in [-0.25, -0.2) is 0 Å². The third-order valence-electron chi connectivity index (χ3n) is 2.25. The fourth-order valence-electron chi connectivity index (χ4n) is 1.63. The van der Waals surface area contributed by atoms with Gasteiger partial charge in [0.25, 0.3) is 0 Å². The third-order valence-corrected chi connectivity index (χ3v) is 2.25. The molecular weight excluding hydrogens is 174 g/mol. The van der Waals surface area contributed by atoms with E-state index in [-0.39, 0.29) is 6.04 Å². The van der Waals surface area contributed by atoms with Crippen LogP contribution in [0.2, 0.25) is 0 Å². The first-order valence-corrected chi connectivity index (χ1v) is 5.37. The molecule has 0 fully saturated rings. The topological polar surface area (TPSA) is 43.8 Å². The van der Waals surface area contributed by atoms with Crippen LogP contribution in [-0.4, -0.2) is 15.8 Å². The van der Waals surface area contributed by atoms with Crippen LogP contribution in [0.4, 0.5) is 0 Å². The molecule has 0 aliphatic carbocycles. The van der Waals surface area contributed by atoms with Crippen LogP contribution in [0.3, 0.4) is 0 Å². The molecule has 2 N–H and O–H groups in total. The van der Waals surface area contributed by atoms with Crippen molar-refractivity contribution < 1.29 is 0 Å². The second-order valence-corrected chi connectivity index (χ2v) is 4.20. The number of hydrogen-bond donors (Lipinski definition) is 1. The molecule has 3 heteroatoms. The normalized spacial score (nSPS) is 13.6. The van der Waals surface area contributed by atoms with Gasteiger partial charge in [0, 0.05) is 24.2 Å². The van der Waals surface area contributed by atoms with Crippen molar-refractivity contribution in [2.75, 3.05) is 0 Å². The van der Waals surface area contributed by atoms with Gasteiger partial charge in [0.1, 0.15) is 0 Å². The van der Waals surface area contributed by atoms with Crippen molar-refractivity contribution in [2.24, 2.45) is 5.73 Å². The van der Waals surface area contributed by atoms with E-state index in [0.29, 0.717) is 6.04 Å². The summed E-state index contributed by atoms with van der Waals surface area (Å²) in [6.07, 6.45) is 1.90. The lowest BCUT2D eigenvalue weighted by Crippen LogP contribution is -2.18. The molecule has 0 spiro atoms. The minimum absolute atomic E-state index is 0.190. The van der Waals surface area contributed by atoms with Gasteiger partial charge in [-0.3, -0.25) is 4.68 Å². The third kappa shape index (κ3) is 2.58. The zero-order valence-electron chi connectivity index (χ0n) is 9.62. The summed E-state index contributed by atoms with van der Waals surface area (Å²) in [5.74, 6) is 0. The van der Waals surface area contributed by atoms with Crippen LogP contribution in [-0.2, 0) is 12.8 Å². The quantitative estimate of drug-likeness (QED) is 0.797. The lowest BCUT2D eigenvalue weighted by Gasteiger charge is -2.08. The zero-order chi connectivity index (χ0) is 10.7. The Morgan fingerprint density at radius 1 is 1.43 bits per heavy atom. The number of hydrogen-bond acceptors (Lipinski definition) is 2. The van der Waals surface area contributed by atoms with Crippen molar-refractivity contribution in [1.82, 2.24) is 9.78 Å². The first-order chi connectivity index (χ1) is 6.54. The summed E-state index contributed by atoms with van der Waals surface area (Å²) in [7, 11) is 0. The Morgan fingerprint density at radius 2 is 2.07 bits per heavy atom. The van der Waals surface area contributed by atoms with Gasteiger partial charge in [-0.15, -0.1) is 0 Å². The van der Waals surface area contributed by atoms with E-state index in [9.17, 15) is 0 Å². The smallest absolute Gasteiger partial charge is 0.0642 e. The molecule has 3 nitrogen and oxygen atoms in total. The van der Waals surface area contributed by atoms with E-state index in [1.54, 1.807) is 0 Å². The van der Waals surface area contributed by atoms with Gasteiger partial charge < -0.3 is 5.73 Å². The molecule has 0 saturated heterocycles. The van der Waals surface area contributed by atoms with Crippen molar-refractivity contribution in [3.63, 3.8) is 0 Å². The predicted molar refractivity (Wildman–Crippen MR) is 59.3 cm³/mol. The van der Waals surface area contributed by atoms with Gasteiger partial charge in [-0.2, -0.15) is 5.10 Å². The van der Waals surface area contributed by atoms with E-state index in [0.717, 1.165) is 18.5 Å². The summed E-state index contributed by atoms with van der Waals surface area (Å²) in [5, 5.41) is 4.56. The Bertz CT molecular complexity index is 287. The van der Waals surface area contributed by atoms with Crippen molar-refractivity contribution >= 4 is 0 Å². The fraction of sp³-hybridized carbons (Fsp3) is 0.727. The van der Waals surface area contributed by atoms with E-state index in [4.69, 9.17) is 5.73 Å². The Labute approximate surface area is 86.3 Å². The predicted octanol–water partition coefficient (Wildman–Crippen LogP) is 1.92. The standard InChI is InChI=1S/C11H21N3/c1-5-11-7-10(6-9(4)12)13-14(11)8(2)3/h7-9H,5-6,12H2,1-4H3. The van der Waals surface area contributed by atoms with Crippen molar-refractivity contribution in [3.05, 3.63) is 17.5 Å². The van der Waals surface area contributed by atoms with Gasteiger partial charge in [0.2, 0.25) is 0 Å². The Morgan fingerprint density at radius 3 is 2.43 bits per heavy atom. The van der Waals surface area contributed by atoms with Gasteiger partial charge >= 0.3 is 0 Å². The summed E-state index contributed by atoms with van der Waals surface area (Å²) in [5.41, 5.74) is 8.17. The molecule has 1 aromatic rings. The Balaban J connectivity index is 2.89. The Hall–Kier alpha value is -0.830. The highest BCUT2D eigenvalue weighted by Crippen LogP contribution is 2.12. The molecule has 0 bridgehead atoms. The molecule has 0 saturated carbocycles. The van der Waals surface area contributed by atoms with Gasteiger partial charge in [0.05, 0.1) is 5.69 Å². The molecule has 0 aliphatic heterocycles. The van der Waals surface area contributed by atoms with Gasteiger partial charge in [-0.05, 0) is 33.3 Å². The molecule has 0 amide bonds. The minimum atomic E-state index is 0.190. The van der Waals surface area contributed by atoms with E-state index in [1.165, 1.54) is 5.69 Å². The van der Waals surface area contributed by atoms with Crippen LogP contribution in [0.1, 0.15) is 45.1 Å². The molecular formula is C11H21N3. The fourth-order valence-corrected chi connectivity index (χ4v) is 1.63. The van der Waals surface area contributed by atoms with Crippen molar-refractivity contribution in [1.29, 1.82) is 0 Å². The number of aryl methyl sites for hydroxylation is 1. The molecule has 0 aromatic carbocycles. The molecule has 1 unspecified atom stereocenters. The lowest BCUT2D eigenvalue weighted by molar-refractivity contribution is 0.504. The highest BCUT2D eigenvalue weighted by atomic mass is 15.3. The zero-order valence-corrected chi connectivity index (χ0v) is 9.62. The van der Waals surface area contributed by atoms with Crippen LogP contribution in [0.25, 0.3) is 0 Å². The molecule has 80 valence electrons. The molecule has 1 aromatic heterocycles. The molecule has 14 heavy (non-hydrogen) atoms. The second kappa shape index (κ2) is 4.60.